The SMILES string of the molecule is O=C(c1ccc(-c2cccc(OC(=O)C3(CO)COC3)c2)cc1)N1CCN(C(=O)C2(O)CC2)CC1. The molecule has 2 heterocycles. The van der Waals surface area contributed by atoms with E-state index in [1.54, 1.807) is 40.1 Å². The van der Waals surface area contributed by atoms with Gasteiger partial charge in [-0.15, -0.1) is 0 Å². The third-order valence-electron chi connectivity index (χ3n) is 6.98. The Morgan fingerprint density at radius 2 is 1.57 bits per heavy atom. The van der Waals surface area contributed by atoms with Crippen molar-refractivity contribution in [2.24, 2.45) is 5.41 Å². The molecule has 2 aromatic rings. The molecular weight excluding hydrogens is 452 g/mol. The number of ether oxygens (including phenoxy) is 2. The predicted octanol–water partition coefficient (Wildman–Crippen LogP) is 1.08. The van der Waals surface area contributed by atoms with Crippen molar-refractivity contribution < 1.29 is 34.1 Å². The van der Waals surface area contributed by atoms with Gasteiger partial charge in [0.15, 0.2) is 0 Å². The van der Waals surface area contributed by atoms with Crippen molar-refractivity contribution >= 4 is 17.8 Å². The summed E-state index contributed by atoms with van der Waals surface area (Å²) in [5.41, 5.74) is 0.0584. The number of aliphatic hydroxyl groups excluding tert-OH is 1. The minimum atomic E-state index is -1.18. The molecule has 184 valence electrons. The highest BCUT2D eigenvalue weighted by molar-refractivity contribution is 5.95. The van der Waals surface area contributed by atoms with Gasteiger partial charge in [0.1, 0.15) is 16.8 Å². The summed E-state index contributed by atoms with van der Waals surface area (Å²) in [6.07, 6.45) is 1.03. The first kappa shape index (κ1) is 23.5. The number of carbonyl (C=O) groups is 3. The molecule has 3 aliphatic rings. The number of aliphatic hydroxyl groups is 2. The molecule has 9 nitrogen and oxygen atoms in total. The number of esters is 1. The van der Waals surface area contributed by atoms with E-state index in [9.17, 15) is 24.6 Å². The van der Waals surface area contributed by atoms with E-state index < -0.39 is 17.0 Å². The van der Waals surface area contributed by atoms with Crippen LogP contribution in [0.15, 0.2) is 48.5 Å². The Kier molecular flexibility index (Phi) is 6.08. The van der Waals surface area contributed by atoms with Gasteiger partial charge in [0.25, 0.3) is 11.8 Å². The van der Waals surface area contributed by atoms with E-state index in [2.05, 4.69) is 0 Å². The van der Waals surface area contributed by atoms with E-state index >= 15 is 0 Å². The lowest BCUT2D eigenvalue weighted by Crippen LogP contribution is -2.53. The van der Waals surface area contributed by atoms with Crippen LogP contribution in [0.25, 0.3) is 11.1 Å². The Hall–Kier alpha value is -3.27. The van der Waals surface area contributed by atoms with E-state index in [-0.39, 0.29) is 31.6 Å². The Morgan fingerprint density at radius 3 is 2.14 bits per heavy atom. The van der Waals surface area contributed by atoms with Crippen LogP contribution in [0, 0.1) is 5.41 Å². The van der Waals surface area contributed by atoms with Crippen LogP contribution in [0.5, 0.6) is 5.75 Å². The normalized spacial score (nSPS) is 20.1. The summed E-state index contributed by atoms with van der Waals surface area (Å²) in [4.78, 5) is 41.0. The summed E-state index contributed by atoms with van der Waals surface area (Å²) in [6.45, 7) is 1.65. The number of amides is 2. The fourth-order valence-electron chi connectivity index (χ4n) is 4.30. The molecule has 0 atom stereocenters. The molecule has 5 rings (SSSR count). The van der Waals surface area contributed by atoms with Gasteiger partial charge in [0.2, 0.25) is 0 Å². The van der Waals surface area contributed by atoms with Crippen LogP contribution in [-0.4, -0.2) is 89.4 Å². The zero-order valence-corrected chi connectivity index (χ0v) is 19.3. The topological polar surface area (TPSA) is 117 Å². The van der Waals surface area contributed by atoms with Crippen LogP contribution in [0.1, 0.15) is 23.2 Å². The molecule has 2 amide bonds. The average molecular weight is 481 g/mol. The number of hydrogen-bond acceptors (Lipinski definition) is 7. The van der Waals surface area contributed by atoms with Gasteiger partial charge < -0.3 is 29.5 Å². The molecule has 1 aliphatic carbocycles. The van der Waals surface area contributed by atoms with Crippen molar-refractivity contribution in [1.82, 2.24) is 9.80 Å². The number of carbonyl (C=O) groups excluding carboxylic acids is 3. The average Bonchev–Trinajstić information content (AvgIpc) is 3.61. The number of benzene rings is 2. The van der Waals surface area contributed by atoms with Crippen LogP contribution in [0.2, 0.25) is 0 Å². The Bertz CT molecular complexity index is 1130. The minimum Gasteiger partial charge on any atom is -0.426 e. The maximum atomic E-state index is 13.0. The molecule has 35 heavy (non-hydrogen) atoms. The fraction of sp³-hybridized carbons (Fsp3) is 0.423. The smallest absolute Gasteiger partial charge is 0.324 e. The van der Waals surface area contributed by atoms with Gasteiger partial charge in [0, 0.05) is 31.7 Å². The molecular formula is C26H28N2O7. The first-order valence-corrected chi connectivity index (χ1v) is 11.8. The van der Waals surface area contributed by atoms with E-state index in [0.29, 0.717) is 50.3 Å². The van der Waals surface area contributed by atoms with Crippen LogP contribution < -0.4 is 4.74 Å². The van der Waals surface area contributed by atoms with Crippen molar-refractivity contribution in [3.05, 3.63) is 54.1 Å². The maximum Gasteiger partial charge on any atom is 0.324 e. The molecule has 2 aliphatic heterocycles. The zero-order chi connectivity index (χ0) is 24.6. The van der Waals surface area contributed by atoms with Gasteiger partial charge in [-0.25, -0.2) is 0 Å². The second-order valence-corrected chi connectivity index (χ2v) is 9.54. The third kappa shape index (κ3) is 4.54. The highest BCUT2D eigenvalue weighted by atomic mass is 16.6. The van der Waals surface area contributed by atoms with E-state index in [1.165, 1.54) is 0 Å². The lowest BCUT2D eigenvalue weighted by Gasteiger charge is -2.36. The van der Waals surface area contributed by atoms with Gasteiger partial charge in [-0.3, -0.25) is 14.4 Å². The van der Waals surface area contributed by atoms with Gasteiger partial charge in [-0.1, -0.05) is 24.3 Å². The van der Waals surface area contributed by atoms with Gasteiger partial charge in [-0.05, 0) is 48.2 Å². The lowest BCUT2D eigenvalue weighted by atomic mass is 9.87. The van der Waals surface area contributed by atoms with Crippen LogP contribution in [0.3, 0.4) is 0 Å². The summed E-state index contributed by atoms with van der Waals surface area (Å²) < 4.78 is 10.6. The highest BCUT2D eigenvalue weighted by Crippen LogP contribution is 2.37. The lowest BCUT2D eigenvalue weighted by molar-refractivity contribution is -0.184. The minimum absolute atomic E-state index is 0.103. The van der Waals surface area contributed by atoms with E-state index in [4.69, 9.17) is 9.47 Å². The van der Waals surface area contributed by atoms with Crippen molar-refractivity contribution in [1.29, 1.82) is 0 Å². The highest BCUT2D eigenvalue weighted by Gasteiger charge is 2.50. The summed E-state index contributed by atoms with van der Waals surface area (Å²) in [6, 6.07) is 14.3. The van der Waals surface area contributed by atoms with Crippen LogP contribution in [-0.2, 0) is 14.3 Å². The summed E-state index contributed by atoms with van der Waals surface area (Å²) in [5.74, 6) is -0.476. The number of hydrogen-bond donors (Lipinski definition) is 2. The fourth-order valence-corrected chi connectivity index (χ4v) is 4.30. The zero-order valence-electron chi connectivity index (χ0n) is 19.3. The van der Waals surface area contributed by atoms with Crippen molar-refractivity contribution in [3.8, 4) is 16.9 Å². The predicted molar refractivity (Wildman–Crippen MR) is 125 cm³/mol. The number of rotatable bonds is 6. The Labute approximate surface area is 202 Å². The summed E-state index contributed by atoms with van der Waals surface area (Å²) in [5, 5.41) is 19.5. The molecule has 0 aromatic heterocycles. The summed E-state index contributed by atoms with van der Waals surface area (Å²) in [7, 11) is 0. The standard InChI is InChI=1S/C26H28N2O7/c29-15-25(16-34-17-25)24(32)35-21-3-1-2-20(14-21)18-4-6-19(7-5-18)22(30)27-10-12-28(13-11-27)23(31)26(33)8-9-26/h1-7,14,29,33H,8-13,15-17H2. The molecule has 0 bridgehead atoms. The van der Waals surface area contributed by atoms with Crippen molar-refractivity contribution in [2.75, 3.05) is 46.0 Å². The molecule has 2 aromatic carbocycles. The Balaban J connectivity index is 1.21. The second kappa shape index (κ2) is 9.07. The monoisotopic (exact) mass is 480 g/mol. The Morgan fingerprint density at radius 1 is 0.914 bits per heavy atom. The van der Waals surface area contributed by atoms with Gasteiger partial charge in [-0.2, -0.15) is 0 Å². The second-order valence-electron chi connectivity index (χ2n) is 9.54. The van der Waals surface area contributed by atoms with E-state index in [1.807, 2.05) is 18.2 Å². The van der Waals surface area contributed by atoms with Gasteiger partial charge >= 0.3 is 5.97 Å². The van der Waals surface area contributed by atoms with E-state index in [0.717, 1.165) is 11.1 Å². The maximum absolute atomic E-state index is 13.0. The number of nitrogens with zero attached hydrogens (tertiary/aromatic N) is 2. The first-order valence-electron chi connectivity index (χ1n) is 11.8. The van der Waals surface area contributed by atoms with Crippen molar-refractivity contribution in [2.45, 2.75) is 18.4 Å². The van der Waals surface area contributed by atoms with Crippen molar-refractivity contribution in [3.63, 3.8) is 0 Å². The molecule has 0 radical (unpaired) electrons. The van der Waals surface area contributed by atoms with Gasteiger partial charge in [0.05, 0.1) is 19.8 Å². The molecule has 9 heteroatoms. The molecule has 0 spiro atoms. The van der Waals surface area contributed by atoms with Crippen LogP contribution >= 0.6 is 0 Å². The quantitative estimate of drug-likeness (QED) is 0.469. The molecule has 1 saturated carbocycles. The summed E-state index contributed by atoms with van der Waals surface area (Å²) >= 11 is 0. The molecule has 3 fully saturated rings. The molecule has 2 saturated heterocycles. The number of piperazine rings is 1. The third-order valence-corrected chi connectivity index (χ3v) is 6.98. The molecule has 2 N–H and O–H groups in total. The molecule has 0 unspecified atom stereocenters. The first-order chi connectivity index (χ1) is 16.8. The largest absolute Gasteiger partial charge is 0.426 e. The van der Waals surface area contributed by atoms with Crippen LogP contribution in [0.4, 0.5) is 0 Å².